The van der Waals surface area contributed by atoms with Crippen molar-refractivity contribution in [3.8, 4) is 11.5 Å². The van der Waals surface area contributed by atoms with Gasteiger partial charge in [-0.25, -0.2) is 14.2 Å². The van der Waals surface area contributed by atoms with Crippen LogP contribution in [0, 0.1) is 19.7 Å². The Morgan fingerprint density at radius 1 is 1.15 bits per heavy atom. The van der Waals surface area contributed by atoms with Crippen LogP contribution in [-0.2, 0) is 0 Å². The van der Waals surface area contributed by atoms with E-state index < -0.39 is 11.8 Å². The molecular weight excluding hydrogens is 353 g/mol. The van der Waals surface area contributed by atoms with Crippen LogP contribution in [0.4, 0.5) is 4.39 Å². The first kappa shape index (κ1) is 17.8. The number of phenolic OH excluding ortho intramolecular Hbond substituents is 1. The zero-order chi connectivity index (χ0) is 18.7. The second kappa shape index (κ2) is 7.49. The molecule has 132 valence electrons. The van der Waals surface area contributed by atoms with Gasteiger partial charge in [0.2, 0.25) is 5.01 Å². The molecule has 26 heavy (non-hydrogen) atoms. The van der Waals surface area contributed by atoms with Gasteiger partial charge in [0.1, 0.15) is 17.3 Å². The maximum atomic E-state index is 12.9. The Labute approximate surface area is 154 Å². The minimum Gasteiger partial charge on any atom is -0.507 e. The molecule has 3 aromatic rings. The zero-order valence-electron chi connectivity index (χ0n) is 14.2. The summed E-state index contributed by atoms with van der Waals surface area (Å²) in [6.45, 7) is 3.69. The first-order valence-corrected chi connectivity index (χ1v) is 8.66. The number of benzene rings is 2. The number of rotatable bonds is 4. The molecule has 0 amide bonds. The van der Waals surface area contributed by atoms with Crippen LogP contribution in [0.25, 0.3) is 12.2 Å². The summed E-state index contributed by atoms with van der Waals surface area (Å²) in [5, 5.41) is 10.0. The summed E-state index contributed by atoms with van der Waals surface area (Å²) in [5.41, 5.74) is 2.55. The van der Waals surface area contributed by atoms with Crippen LogP contribution in [0.5, 0.6) is 11.5 Å². The number of hydrogen-bond donors (Lipinski definition) is 1. The van der Waals surface area contributed by atoms with Crippen molar-refractivity contribution in [3.05, 3.63) is 75.0 Å². The first-order valence-electron chi connectivity index (χ1n) is 7.84. The lowest BCUT2D eigenvalue weighted by Crippen LogP contribution is -2.07. The maximum absolute atomic E-state index is 12.9. The SMILES string of the molecule is Cc1cc(C=Cc2cnc(C(=O)Oc3ccc(F)cc3)s2)cc(C)c1O. The highest BCUT2D eigenvalue weighted by molar-refractivity contribution is 7.14. The van der Waals surface area contributed by atoms with Crippen molar-refractivity contribution in [2.24, 2.45) is 0 Å². The van der Waals surface area contributed by atoms with Crippen LogP contribution in [-0.4, -0.2) is 16.1 Å². The number of carbonyl (C=O) groups excluding carboxylic acids is 1. The highest BCUT2D eigenvalue weighted by atomic mass is 32.1. The monoisotopic (exact) mass is 369 g/mol. The van der Waals surface area contributed by atoms with Gasteiger partial charge in [0.05, 0.1) is 0 Å². The Morgan fingerprint density at radius 2 is 1.81 bits per heavy atom. The molecule has 1 N–H and O–H groups in total. The Bertz CT molecular complexity index is 954. The molecular formula is C20H16FNO3S. The summed E-state index contributed by atoms with van der Waals surface area (Å²) >= 11 is 1.20. The largest absolute Gasteiger partial charge is 0.507 e. The van der Waals surface area contributed by atoms with Crippen LogP contribution < -0.4 is 4.74 Å². The number of ether oxygens (including phenoxy) is 1. The lowest BCUT2D eigenvalue weighted by molar-refractivity contribution is 0.0734. The summed E-state index contributed by atoms with van der Waals surface area (Å²) in [6.07, 6.45) is 5.32. The average molecular weight is 369 g/mol. The summed E-state index contributed by atoms with van der Waals surface area (Å²) < 4.78 is 18.0. The fraction of sp³-hybridized carbons (Fsp3) is 0.100. The molecule has 0 spiro atoms. The number of carbonyl (C=O) groups is 1. The molecule has 0 aliphatic heterocycles. The number of phenols is 1. The van der Waals surface area contributed by atoms with Crippen LogP contribution in [0.3, 0.4) is 0 Å². The van der Waals surface area contributed by atoms with E-state index in [4.69, 9.17) is 4.74 Å². The third kappa shape index (κ3) is 4.15. The molecule has 0 fully saturated rings. The van der Waals surface area contributed by atoms with E-state index in [0.717, 1.165) is 21.6 Å². The van der Waals surface area contributed by atoms with E-state index in [-0.39, 0.29) is 10.8 Å². The van der Waals surface area contributed by atoms with Gasteiger partial charge in [-0.05, 0) is 73.0 Å². The molecule has 2 aromatic carbocycles. The van der Waals surface area contributed by atoms with Crippen LogP contribution >= 0.6 is 11.3 Å². The highest BCUT2D eigenvalue weighted by Crippen LogP contribution is 2.25. The van der Waals surface area contributed by atoms with Gasteiger partial charge in [-0.3, -0.25) is 0 Å². The van der Waals surface area contributed by atoms with Crippen molar-refractivity contribution in [3.63, 3.8) is 0 Å². The molecule has 0 aliphatic carbocycles. The molecule has 0 atom stereocenters. The molecule has 0 bridgehead atoms. The second-order valence-electron chi connectivity index (χ2n) is 5.75. The molecule has 0 saturated carbocycles. The fourth-order valence-electron chi connectivity index (χ4n) is 2.38. The molecule has 1 aromatic heterocycles. The van der Waals surface area contributed by atoms with Crippen LogP contribution in [0.1, 0.15) is 31.4 Å². The molecule has 0 unspecified atom stereocenters. The lowest BCUT2D eigenvalue weighted by atomic mass is 10.1. The average Bonchev–Trinajstić information content (AvgIpc) is 3.09. The number of nitrogens with zero attached hydrogens (tertiary/aromatic N) is 1. The number of thiazole rings is 1. The third-order valence-electron chi connectivity index (χ3n) is 3.68. The van der Waals surface area contributed by atoms with Gasteiger partial charge in [0.25, 0.3) is 0 Å². The number of aromatic hydroxyl groups is 1. The van der Waals surface area contributed by atoms with Crippen molar-refractivity contribution in [1.82, 2.24) is 4.98 Å². The molecule has 0 aliphatic rings. The third-order valence-corrected chi connectivity index (χ3v) is 4.62. The number of aryl methyl sites for hydroxylation is 2. The van der Waals surface area contributed by atoms with E-state index in [2.05, 4.69) is 4.98 Å². The van der Waals surface area contributed by atoms with Gasteiger partial charge >= 0.3 is 5.97 Å². The van der Waals surface area contributed by atoms with Crippen LogP contribution in [0.2, 0.25) is 0 Å². The number of hydrogen-bond acceptors (Lipinski definition) is 5. The van der Waals surface area contributed by atoms with Gasteiger partial charge in [0, 0.05) is 11.1 Å². The predicted molar refractivity (Wildman–Crippen MR) is 100.0 cm³/mol. The zero-order valence-corrected chi connectivity index (χ0v) is 15.0. The fourth-order valence-corrected chi connectivity index (χ4v) is 3.07. The quantitative estimate of drug-likeness (QED) is 0.520. The Balaban J connectivity index is 1.71. The van der Waals surface area contributed by atoms with Crippen molar-refractivity contribution in [1.29, 1.82) is 0 Å². The second-order valence-corrected chi connectivity index (χ2v) is 6.81. The van der Waals surface area contributed by atoms with E-state index in [1.807, 2.05) is 38.1 Å². The molecule has 0 saturated heterocycles. The molecule has 4 nitrogen and oxygen atoms in total. The Hall–Kier alpha value is -2.99. The van der Waals surface area contributed by atoms with Crippen molar-refractivity contribution < 1.29 is 19.0 Å². The first-order chi connectivity index (χ1) is 12.4. The van der Waals surface area contributed by atoms with E-state index >= 15 is 0 Å². The maximum Gasteiger partial charge on any atom is 0.372 e. The van der Waals surface area contributed by atoms with Gasteiger partial charge in [-0.15, -0.1) is 11.3 Å². The van der Waals surface area contributed by atoms with E-state index in [1.165, 1.54) is 35.6 Å². The number of aromatic nitrogens is 1. The number of halogens is 1. The summed E-state index contributed by atoms with van der Waals surface area (Å²) in [4.78, 5) is 17.0. The Morgan fingerprint density at radius 3 is 2.46 bits per heavy atom. The summed E-state index contributed by atoms with van der Waals surface area (Å²) in [7, 11) is 0. The molecule has 6 heteroatoms. The van der Waals surface area contributed by atoms with Crippen molar-refractivity contribution in [2.45, 2.75) is 13.8 Å². The lowest BCUT2D eigenvalue weighted by Gasteiger charge is -2.04. The minimum atomic E-state index is -0.586. The van der Waals surface area contributed by atoms with Gasteiger partial charge in [0.15, 0.2) is 0 Å². The molecule has 3 rings (SSSR count). The highest BCUT2D eigenvalue weighted by Gasteiger charge is 2.13. The predicted octanol–water partition coefficient (Wildman–Crippen LogP) is 4.99. The van der Waals surface area contributed by atoms with Crippen molar-refractivity contribution >= 4 is 29.5 Å². The van der Waals surface area contributed by atoms with Gasteiger partial charge in [-0.2, -0.15) is 0 Å². The standard InChI is InChI=1S/C20H16FNO3S/c1-12-9-14(10-13(2)18(12)23)3-8-17-11-22-19(26-17)20(24)25-16-6-4-15(21)5-7-16/h3-11,23H,1-2H3. The van der Waals surface area contributed by atoms with Crippen molar-refractivity contribution in [2.75, 3.05) is 0 Å². The number of esters is 1. The van der Waals surface area contributed by atoms with Gasteiger partial charge in [-0.1, -0.05) is 6.08 Å². The summed E-state index contributed by atoms with van der Waals surface area (Å²) in [5.74, 6) is -0.423. The van der Waals surface area contributed by atoms with Crippen LogP contribution in [0.15, 0.2) is 42.6 Å². The van der Waals surface area contributed by atoms with E-state index in [1.54, 1.807) is 6.20 Å². The topological polar surface area (TPSA) is 59.4 Å². The van der Waals surface area contributed by atoms with E-state index in [0.29, 0.717) is 5.75 Å². The Kier molecular flexibility index (Phi) is 5.14. The minimum absolute atomic E-state index is 0.215. The summed E-state index contributed by atoms with van der Waals surface area (Å²) in [6, 6.07) is 8.97. The normalized spacial score (nSPS) is 11.0. The van der Waals surface area contributed by atoms with E-state index in [9.17, 15) is 14.3 Å². The molecule has 1 heterocycles. The van der Waals surface area contributed by atoms with Gasteiger partial charge < -0.3 is 9.84 Å². The smallest absolute Gasteiger partial charge is 0.372 e. The molecule has 0 radical (unpaired) electrons.